The Kier molecular flexibility index (Phi) is 4.10. The molecule has 0 aliphatic carbocycles. The number of hydrogen-bond donors (Lipinski definition) is 3. The zero-order chi connectivity index (χ0) is 19.6. The van der Waals surface area contributed by atoms with E-state index in [0.717, 1.165) is 27.6 Å². The molecule has 9 heteroatoms. The van der Waals surface area contributed by atoms with Gasteiger partial charge in [-0.2, -0.15) is 15.3 Å². The van der Waals surface area contributed by atoms with Crippen LogP contribution in [-0.4, -0.2) is 41.1 Å². The highest BCUT2D eigenvalue weighted by Crippen LogP contribution is 2.24. The number of amides is 1. The average molecular weight is 384 g/mol. The van der Waals surface area contributed by atoms with E-state index in [2.05, 4.69) is 35.8 Å². The number of H-pyrrole nitrogens is 2. The van der Waals surface area contributed by atoms with Gasteiger partial charge in [-0.05, 0) is 35.4 Å². The highest BCUT2D eigenvalue weighted by Gasteiger charge is 2.16. The van der Waals surface area contributed by atoms with Crippen LogP contribution in [0.25, 0.3) is 22.0 Å². The monoisotopic (exact) mass is 384 g/mol. The standard InChI is InChI=1S/C20H16N8O/c29-20(25-16-10-24-28(12-16)11-13-3-5-21-6-4-13)19-17-2-1-14(7-18(17)26-27-19)15-8-22-23-9-15/h1-10,12H,11H2,(H,22,23)(H,25,29)(H,26,27). The van der Waals surface area contributed by atoms with Gasteiger partial charge in [0.2, 0.25) is 0 Å². The molecule has 0 radical (unpaired) electrons. The van der Waals surface area contributed by atoms with E-state index in [1.807, 2.05) is 36.5 Å². The summed E-state index contributed by atoms with van der Waals surface area (Å²) in [5.74, 6) is -0.296. The van der Waals surface area contributed by atoms with E-state index in [-0.39, 0.29) is 5.91 Å². The minimum atomic E-state index is -0.296. The lowest BCUT2D eigenvalue weighted by molar-refractivity contribution is 0.102. The van der Waals surface area contributed by atoms with Crippen molar-refractivity contribution < 1.29 is 4.79 Å². The molecule has 9 nitrogen and oxygen atoms in total. The molecule has 0 saturated heterocycles. The van der Waals surface area contributed by atoms with Gasteiger partial charge in [0.05, 0.1) is 30.1 Å². The molecule has 5 rings (SSSR count). The summed E-state index contributed by atoms with van der Waals surface area (Å²) in [5, 5.41) is 21.8. The van der Waals surface area contributed by atoms with Crippen molar-refractivity contribution in [1.29, 1.82) is 0 Å². The van der Waals surface area contributed by atoms with Gasteiger partial charge in [0, 0.05) is 35.7 Å². The fourth-order valence-electron chi connectivity index (χ4n) is 3.16. The second kappa shape index (κ2) is 7.04. The van der Waals surface area contributed by atoms with Crippen LogP contribution in [0.1, 0.15) is 16.1 Å². The maximum atomic E-state index is 12.7. The Morgan fingerprint density at radius 1 is 1.10 bits per heavy atom. The largest absolute Gasteiger partial charge is 0.318 e. The van der Waals surface area contributed by atoms with Crippen LogP contribution in [0.15, 0.2) is 67.5 Å². The molecular weight excluding hydrogens is 368 g/mol. The minimum Gasteiger partial charge on any atom is -0.318 e. The number of nitrogens with zero attached hydrogens (tertiary/aromatic N) is 5. The van der Waals surface area contributed by atoms with Crippen molar-refractivity contribution in [3.8, 4) is 11.1 Å². The summed E-state index contributed by atoms with van der Waals surface area (Å²) in [6.45, 7) is 0.598. The van der Waals surface area contributed by atoms with Crippen molar-refractivity contribution in [1.82, 2.24) is 35.2 Å². The topological polar surface area (TPSA) is 117 Å². The number of hydrogen-bond acceptors (Lipinski definition) is 5. The molecule has 0 aliphatic rings. The lowest BCUT2D eigenvalue weighted by Gasteiger charge is -2.02. The first kappa shape index (κ1) is 16.9. The Labute approximate surface area is 164 Å². The van der Waals surface area contributed by atoms with Crippen molar-refractivity contribution in [2.45, 2.75) is 6.54 Å². The maximum absolute atomic E-state index is 12.7. The SMILES string of the molecule is O=C(Nc1cnn(Cc2ccncc2)c1)c1n[nH]c2cc(-c3cn[nH]c3)ccc12. The number of nitrogens with one attached hydrogen (secondary N) is 3. The van der Waals surface area contributed by atoms with Crippen molar-refractivity contribution in [2.24, 2.45) is 0 Å². The zero-order valence-electron chi connectivity index (χ0n) is 15.2. The highest BCUT2D eigenvalue weighted by atomic mass is 16.2. The second-order valence-corrected chi connectivity index (χ2v) is 6.56. The molecule has 142 valence electrons. The number of fused-ring (bicyclic) bond motifs is 1. The molecule has 0 bridgehead atoms. The van der Waals surface area contributed by atoms with Crippen molar-refractivity contribution in [3.05, 3.63) is 78.8 Å². The molecule has 29 heavy (non-hydrogen) atoms. The normalized spacial score (nSPS) is 11.0. The molecule has 0 fully saturated rings. The van der Waals surface area contributed by atoms with Gasteiger partial charge in [-0.1, -0.05) is 6.07 Å². The van der Waals surface area contributed by atoms with Gasteiger partial charge < -0.3 is 5.32 Å². The molecule has 0 unspecified atom stereocenters. The summed E-state index contributed by atoms with van der Waals surface area (Å²) < 4.78 is 1.75. The molecule has 5 aromatic rings. The molecule has 0 atom stereocenters. The number of aromatic nitrogens is 7. The minimum absolute atomic E-state index is 0.296. The number of carbonyl (C=O) groups excluding carboxylic acids is 1. The second-order valence-electron chi connectivity index (χ2n) is 6.56. The lowest BCUT2D eigenvalue weighted by atomic mass is 10.1. The smallest absolute Gasteiger partial charge is 0.276 e. The number of anilines is 1. The molecule has 0 spiro atoms. The average Bonchev–Trinajstić information content (AvgIpc) is 3.49. The van der Waals surface area contributed by atoms with Gasteiger partial charge in [0.1, 0.15) is 0 Å². The third-order valence-corrected chi connectivity index (χ3v) is 4.59. The van der Waals surface area contributed by atoms with E-state index < -0.39 is 0 Å². The van der Waals surface area contributed by atoms with Crippen LogP contribution in [0, 0.1) is 0 Å². The van der Waals surface area contributed by atoms with Gasteiger partial charge in [-0.15, -0.1) is 0 Å². The fourth-order valence-corrected chi connectivity index (χ4v) is 3.16. The summed E-state index contributed by atoms with van der Waals surface area (Å²) >= 11 is 0. The third kappa shape index (κ3) is 3.36. The number of rotatable bonds is 5. The highest BCUT2D eigenvalue weighted by molar-refractivity contribution is 6.11. The predicted octanol–water partition coefficient (Wildman–Crippen LogP) is 2.85. The van der Waals surface area contributed by atoms with Crippen molar-refractivity contribution >= 4 is 22.5 Å². The molecule has 3 N–H and O–H groups in total. The first-order valence-corrected chi connectivity index (χ1v) is 8.96. The molecule has 1 aromatic carbocycles. The van der Waals surface area contributed by atoms with Crippen LogP contribution in [0.4, 0.5) is 5.69 Å². The maximum Gasteiger partial charge on any atom is 0.276 e. The molecular formula is C20H16N8O. The summed E-state index contributed by atoms with van der Waals surface area (Å²) in [5.41, 5.74) is 4.75. The van der Waals surface area contributed by atoms with E-state index in [4.69, 9.17) is 0 Å². The number of pyridine rings is 1. The Morgan fingerprint density at radius 2 is 2.00 bits per heavy atom. The molecule has 1 amide bonds. The van der Waals surface area contributed by atoms with Gasteiger partial charge in [-0.3, -0.25) is 24.7 Å². The first-order valence-electron chi connectivity index (χ1n) is 8.96. The van der Waals surface area contributed by atoms with Gasteiger partial charge in [0.25, 0.3) is 5.91 Å². The first-order chi connectivity index (χ1) is 14.3. The van der Waals surface area contributed by atoms with Crippen LogP contribution in [0.5, 0.6) is 0 Å². The molecule has 4 aromatic heterocycles. The Hall–Kier alpha value is -4.27. The van der Waals surface area contributed by atoms with Crippen molar-refractivity contribution in [2.75, 3.05) is 5.32 Å². The summed E-state index contributed by atoms with van der Waals surface area (Å²) in [6.07, 6.45) is 10.4. The Balaban J connectivity index is 1.34. The fraction of sp³-hybridized carbons (Fsp3) is 0.0500. The number of carbonyl (C=O) groups is 1. The lowest BCUT2D eigenvalue weighted by Crippen LogP contribution is -2.12. The van der Waals surface area contributed by atoms with E-state index >= 15 is 0 Å². The Bertz CT molecular complexity index is 1270. The summed E-state index contributed by atoms with van der Waals surface area (Å²) in [7, 11) is 0. The van der Waals surface area contributed by atoms with Gasteiger partial charge >= 0.3 is 0 Å². The number of benzene rings is 1. The van der Waals surface area contributed by atoms with Crippen LogP contribution in [0.3, 0.4) is 0 Å². The summed E-state index contributed by atoms with van der Waals surface area (Å²) in [6, 6.07) is 9.60. The molecule has 4 heterocycles. The van der Waals surface area contributed by atoms with Crippen molar-refractivity contribution in [3.63, 3.8) is 0 Å². The van der Waals surface area contributed by atoms with Crippen LogP contribution in [-0.2, 0) is 6.54 Å². The van der Waals surface area contributed by atoms with E-state index in [1.54, 1.807) is 35.7 Å². The van der Waals surface area contributed by atoms with Crippen LogP contribution < -0.4 is 5.32 Å². The summed E-state index contributed by atoms with van der Waals surface area (Å²) in [4.78, 5) is 16.7. The van der Waals surface area contributed by atoms with Crippen LogP contribution in [0.2, 0.25) is 0 Å². The third-order valence-electron chi connectivity index (χ3n) is 4.59. The number of aromatic amines is 2. The van der Waals surface area contributed by atoms with Crippen LogP contribution >= 0.6 is 0 Å². The Morgan fingerprint density at radius 3 is 2.83 bits per heavy atom. The predicted molar refractivity (Wildman–Crippen MR) is 107 cm³/mol. The van der Waals surface area contributed by atoms with E-state index in [9.17, 15) is 4.79 Å². The molecule has 0 aliphatic heterocycles. The van der Waals surface area contributed by atoms with Gasteiger partial charge in [0.15, 0.2) is 5.69 Å². The van der Waals surface area contributed by atoms with Gasteiger partial charge in [-0.25, -0.2) is 0 Å². The van der Waals surface area contributed by atoms with E-state index in [0.29, 0.717) is 17.9 Å². The molecule has 0 saturated carbocycles. The zero-order valence-corrected chi connectivity index (χ0v) is 15.2. The van der Waals surface area contributed by atoms with E-state index in [1.165, 1.54) is 0 Å². The quantitative estimate of drug-likeness (QED) is 0.431.